The zero-order chi connectivity index (χ0) is 17.5. The second kappa shape index (κ2) is 6.55. The molecule has 0 bridgehead atoms. The van der Waals surface area contributed by atoms with Gasteiger partial charge in [-0.3, -0.25) is 0 Å². The monoisotopic (exact) mass is 341 g/mol. The van der Waals surface area contributed by atoms with Crippen LogP contribution in [0, 0.1) is 6.92 Å². The van der Waals surface area contributed by atoms with Crippen molar-refractivity contribution in [3.63, 3.8) is 0 Å². The first kappa shape index (κ1) is 16.1. The molecule has 1 fully saturated rings. The number of hydrogen-bond donors (Lipinski definition) is 1. The van der Waals surface area contributed by atoms with Crippen molar-refractivity contribution in [1.82, 2.24) is 5.32 Å². The molecule has 0 spiro atoms. The Hall–Kier alpha value is -2.12. The highest BCUT2D eigenvalue weighted by molar-refractivity contribution is 5.92. The molecule has 0 aromatic heterocycles. The highest BCUT2D eigenvalue weighted by atomic mass is 14.9. The topological polar surface area (TPSA) is 12.0 Å². The SMILES string of the molecule is Cc1ccc2ccc(C3CCCCC3)c3c2c1[C@@H](c1ccccc1)NC3. The molecule has 3 aromatic carbocycles. The number of nitrogens with one attached hydrogen (secondary N) is 1. The molecule has 1 heteroatoms. The van der Waals surface area contributed by atoms with Gasteiger partial charge in [0.25, 0.3) is 0 Å². The fourth-order valence-electron chi connectivity index (χ4n) is 5.24. The first-order valence-corrected chi connectivity index (χ1v) is 10.2. The van der Waals surface area contributed by atoms with Crippen LogP contribution < -0.4 is 5.32 Å². The van der Waals surface area contributed by atoms with E-state index in [2.05, 4.69) is 66.8 Å². The molecule has 0 saturated heterocycles. The van der Waals surface area contributed by atoms with E-state index in [-0.39, 0.29) is 0 Å². The van der Waals surface area contributed by atoms with E-state index in [1.54, 1.807) is 11.1 Å². The van der Waals surface area contributed by atoms with Crippen LogP contribution in [0.5, 0.6) is 0 Å². The summed E-state index contributed by atoms with van der Waals surface area (Å²) in [5.41, 5.74) is 7.45. The summed E-state index contributed by atoms with van der Waals surface area (Å²) in [6, 6.07) is 20.6. The van der Waals surface area contributed by atoms with Crippen molar-refractivity contribution in [3.05, 3.63) is 82.4 Å². The van der Waals surface area contributed by atoms with Crippen LogP contribution in [-0.4, -0.2) is 0 Å². The lowest BCUT2D eigenvalue weighted by Crippen LogP contribution is -2.28. The van der Waals surface area contributed by atoms with Crippen LogP contribution in [0.25, 0.3) is 10.8 Å². The fourth-order valence-corrected chi connectivity index (χ4v) is 5.24. The summed E-state index contributed by atoms with van der Waals surface area (Å²) < 4.78 is 0. The second-order valence-electron chi connectivity index (χ2n) is 8.09. The summed E-state index contributed by atoms with van der Waals surface area (Å²) in [7, 11) is 0. The first-order chi connectivity index (χ1) is 12.8. The first-order valence-electron chi connectivity index (χ1n) is 10.2. The maximum absolute atomic E-state index is 3.87. The largest absolute Gasteiger partial charge is 0.302 e. The lowest BCUT2D eigenvalue weighted by Gasteiger charge is -2.33. The molecule has 1 atom stereocenters. The van der Waals surface area contributed by atoms with Gasteiger partial charge in [0.1, 0.15) is 0 Å². The van der Waals surface area contributed by atoms with Gasteiger partial charge in [0.15, 0.2) is 0 Å². The number of benzene rings is 3. The van der Waals surface area contributed by atoms with E-state index in [4.69, 9.17) is 0 Å². The molecule has 3 aromatic rings. The summed E-state index contributed by atoms with van der Waals surface area (Å²) in [5, 5.41) is 6.81. The van der Waals surface area contributed by atoms with E-state index in [0.29, 0.717) is 6.04 Å². The Balaban J connectivity index is 1.72. The second-order valence-corrected chi connectivity index (χ2v) is 8.09. The third kappa shape index (κ3) is 2.57. The number of hydrogen-bond acceptors (Lipinski definition) is 1. The van der Waals surface area contributed by atoms with Gasteiger partial charge >= 0.3 is 0 Å². The minimum absolute atomic E-state index is 0.300. The predicted octanol–water partition coefficient (Wildman–Crippen LogP) is 6.39. The van der Waals surface area contributed by atoms with E-state index in [1.165, 1.54) is 59.6 Å². The minimum Gasteiger partial charge on any atom is -0.302 e. The van der Waals surface area contributed by atoms with Gasteiger partial charge in [-0.15, -0.1) is 0 Å². The van der Waals surface area contributed by atoms with Crippen molar-refractivity contribution in [2.24, 2.45) is 0 Å². The zero-order valence-electron chi connectivity index (χ0n) is 15.6. The summed E-state index contributed by atoms with van der Waals surface area (Å²) in [6.45, 7) is 3.26. The molecular formula is C25H27N. The molecule has 132 valence electrons. The lowest BCUT2D eigenvalue weighted by molar-refractivity contribution is 0.439. The van der Waals surface area contributed by atoms with E-state index in [9.17, 15) is 0 Å². The number of aryl methyl sites for hydroxylation is 1. The smallest absolute Gasteiger partial charge is 0.0588 e. The quantitative estimate of drug-likeness (QED) is 0.569. The highest BCUT2D eigenvalue weighted by Crippen LogP contribution is 2.42. The van der Waals surface area contributed by atoms with Gasteiger partial charge in [0.2, 0.25) is 0 Å². The fraction of sp³-hybridized carbons (Fsp3) is 0.360. The average Bonchev–Trinajstić information content (AvgIpc) is 2.72. The third-order valence-corrected chi connectivity index (χ3v) is 6.54. The summed E-state index contributed by atoms with van der Waals surface area (Å²) in [5.74, 6) is 0.756. The Morgan fingerprint density at radius 3 is 2.42 bits per heavy atom. The van der Waals surface area contributed by atoms with E-state index in [1.807, 2.05) is 0 Å². The Morgan fingerprint density at radius 2 is 1.62 bits per heavy atom. The van der Waals surface area contributed by atoms with Gasteiger partial charge in [-0.2, -0.15) is 0 Å². The Kier molecular flexibility index (Phi) is 4.05. The normalized spacial score (nSPS) is 20.4. The van der Waals surface area contributed by atoms with Crippen LogP contribution in [-0.2, 0) is 6.54 Å². The molecule has 0 unspecified atom stereocenters. The van der Waals surface area contributed by atoms with Crippen molar-refractivity contribution in [1.29, 1.82) is 0 Å². The van der Waals surface area contributed by atoms with Crippen molar-refractivity contribution < 1.29 is 0 Å². The van der Waals surface area contributed by atoms with Crippen LogP contribution >= 0.6 is 0 Å². The van der Waals surface area contributed by atoms with Gasteiger partial charge in [0.05, 0.1) is 6.04 Å². The highest BCUT2D eigenvalue weighted by Gasteiger charge is 2.28. The molecular weight excluding hydrogens is 314 g/mol. The van der Waals surface area contributed by atoms with Crippen LogP contribution in [0.1, 0.15) is 71.9 Å². The Morgan fingerprint density at radius 1 is 0.846 bits per heavy atom. The predicted molar refractivity (Wildman–Crippen MR) is 110 cm³/mol. The van der Waals surface area contributed by atoms with Gasteiger partial charge in [-0.25, -0.2) is 0 Å². The standard InChI is InChI=1S/C25H27N/c1-17-12-13-19-14-15-21(18-8-4-2-5-9-18)22-16-26-25(23(17)24(19)22)20-10-6-3-7-11-20/h3,6-7,10-15,18,25-26H,2,4-5,8-9,16H2,1H3/t25-/m1/s1. The molecule has 26 heavy (non-hydrogen) atoms. The molecule has 1 aliphatic carbocycles. The third-order valence-electron chi connectivity index (χ3n) is 6.54. The van der Waals surface area contributed by atoms with Gasteiger partial charge in [0, 0.05) is 6.54 Å². The van der Waals surface area contributed by atoms with Crippen LogP contribution in [0.15, 0.2) is 54.6 Å². The molecule has 1 heterocycles. The van der Waals surface area contributed by atoms with E-state index >= 15 is 0 Å². The maximum atomic E-state index is 3.87. The molecule has 1 N–H and O–H groups in total. The molecule has 0 amide bonds. The molecule has 5 rings (SSSR count). The lowest BCUT2D eigenvalue weighted by atomic mass is 9.77. The van der Waals surface area contributed by atoms with Gasteiger partial charge in [-0.05, 0) is 64.3 Å². The van der Waals surface area contributed by atoms with Gasteiger partial charge < -0.3 is 5.32 Å². The minimum atomic E-state index is 0.300. The van der Waals surface area contributed by atoms with Crippen molar-refractivity contribution in [3.8, 4) is 0 Å². The van der Waals surface area contributed by atoms with Gasteiger partial charge in [-0.1, -0.05) is 73.9 Å². The summed E-state index contributed by atoms with van der Waals surface area (Å²) in [6.07, 6.45) is 6.92. The van der Waals surface area contributed by atoms with Crippen LogP contribution in [0.3, 0.4) is 0 Å². The average molecular weight is 341 g/mol. The molecule has 1 aliphatic heterocycles. The molecule has 1 nitrogen and oxygen atoms in total. The van der Waals surface area contributed by atoms with Crippen molar-refractivity contribution in [2.45, 2.75) is 57.5 Å². The number of rotatable bonds is 2. The van der Waals surface area contributed by atoms with E-state index in [0.717, 1.165) is 12.5 Å². The maximum Gasteiger partial charge on any atom is 0.0588 e. The van der Waals surface area contributed by atoms with E-state index < -0.39 is 0 Å². The zero-order valence-corrected chi connectivity index (χ0v) is 15.6. The Labute approximate surface area is 156 Å². The van der Waals surface area contributed by atoms with Crippen LogP contribution in [0.2, 0.25) is 0 Å². The summed E-state index contributed by atoms with van der Waals surface area (Å²) >= 11 is 0. The molecule has 0 radical (unpaired) electrons. The molecule has 1 saturated carbocycles. The van der Waals surface area contributed by atoms with Crippen molar-refractivity contribution >= 4 is 10.8 Å². The Bertz CT molecular complexity index is 935. The summed E-state index contributed by atoms with van der Waals surface area (Å²) in [4.78, 5) is 0. The molecule has 2 aliphatic rings. The van der Waals surface area contributed by atoms with Crippen LogP contribution in [0.4, 0.5) is 0 Å². The van der Waals surface area contributed by atoms with Crippen molar-refractivity contribution in [2.75, 3.05) is 0 Å².